The molecule has 8 rings (SSSR count). The van der Waals surface area contributed by atoms with Gasteiger partial charge in [-0.2, -0.15) is 36.5 Å². The number of nitrogens with zero attached hydrogens (tertiary/aromatic N) is 8. The van der Waals surface area contributed by atoms with Gasteiger partial charge in [0.1, 0.15) is 11.4 Å². The number of nitrogens with two attached hydrogens (primary N) is 2. The number of esters is 1. The number of carbonyl (C=O) groups is 1. The lowest BCUT2D eigenvalue weighted by Gasteiger charge is -2.10. The average molecular weight is 799 g/mol. The van der Waals surface area contributed by atoms with Gasteiger partial charge in [0, 0.05) is 46.7 Å². The van der Waals surface area contributed by atoms with E-state index in [1.807, 2.05) is 0 Å². The normalized spacial score (nSPS) is 11.7. The molecule has 5 N–H and O–H groups in total. The highest BCUT2D eigenvalue weighted by Gasteiger charge is 2.34. The zero-order valence-corrected chi connectivity index (χ0v) is 29.9. The molecule has 6 heterocycles. The summed E-state index contributed by atoms with van der Waals surface area (Å²) in [4.78, 5) is 27.8. The van der Waals surface area contributed by atoms with Crippen molar-refractivity contribution in [3.63, 3.8) is 0 Å². The fourth-order valence-corrected chi connectivity index (χ4v) is 6.06. The van der Waals surface area contributed by atoms with Crippen LogP contribution in [0.3, 0.4) is 0 Å². The summed E-state index contributed by atoms with van der Waals surface area (Å²) in [6.45, 7) is -0.262. The van der Waals surface area contributed by atoms with Gasteiger partial charge < -0.3 is 21.3 Å². The van der Waals surface area contributed by atoms with Crippen LogP contribution >= 0.6 is 0 Å². The predicted molar refractivity (Wildman–Crippen MR) is 200 cm³/mol. The maximum Gasteiger partial charge on any atom is 0.433 e. The highest BCUT2D eigenvalue weighted by atomic mass is 19.4. The number of aromatic nitrogens is 8. The molecule has 8 aromatic rings. The number of hydrogen-bond acceptors (Lipinski definition) is 11. The van der Waals surface area contributed by atoms with Gasteiger partial charge in [-0.05, 0) is 77.4 Å². The maximum absolute atomic E-state index is 13.1. The topological polar surface area (TPSA) is 186 Å². The van der Waals surface area contributed by atoms with Crippen LogP contribution in [-0.2, 0) is 23.7 Å². The van der Waals surface area contributed by atoms with E-state index in [9.17, 15) is 36.2 Å². The fourth-order valence-electron chi connectivity index (χ4n) is 6.06. The SMILES string of the molecule is COC(=O)c1cc(-c2cncc(N)c2)cc2c1cnn2-c1cccc(C(F)(F)F)n1.Nc1cncc(-c2cc(CO)c3cnn(-c4cccc(C(F)(F)F)n4)c3c2)c1. The third-order valence-electron chi connectivity index (χ3n) is 8.71. The Hall–Kier alpha value is -7.41. The number of benzene rings is 2. The van der Waals surface area contributed by atoms with Gasteiger partial charge >= 0.3 is 18.3 Å². The van der Waals surface area contributed by atoms with Crippen LogP contribution in [0, 0.1) is 0 Å². The van der Waals surface area contributed by atoms with Crippen molar-refractivity contribution in [1.82, 2.24) is 39.5 Å². The number of aliphatic hydroxyl groups excluding tert-OH is 1. The van der Waals surface area contributed by atoms with Crippen LogP contribution in [0.2, 0.25) is 0 Å². The lowest BCUT2D eigenvalue weighted by molar-refractivity contribution is -0.141. The number of fused-ring (bicyclic) bond motifs is 2. The lowest BCUT2D eigenvalue weighted by atomic mass is 10.0. The minimum absolute atomic E-state index is 0.0246. The monoisotopic (exact) mass is 798 g/mol. The van der Waals surface area contributed by atoms with E-state index in [0.29, 0.717) is 61.0 Å². The smallest absolute Gasteiger partial charge is 0.433 e. The summed E-state index contributed by atoms with van der Waals surface area (Å²) in [7, 11) is 1.24. The number of hydrogen-bond donors (Lipinski definition) is 3. The molecule has 0 unspecified atom stereocenters. The number of rotatable bonds is 6. The molecular formula is C39H28F6N10O3. The van der Waals surface area contributed by atoms with Gasteiger partial charge in [-0.15, -0.1) is 0 Å². The Morgan fingerprint density at radius 2 is 1.14 bits per heavy atom. The van der Waals surface area contributed by atoms with Gasteiger partial charge in [0.15, 0.2) is 11.6 Å². The summed E-state index contributed by atoms with van der Waals surface area (Å²) in [5, 5.41) is 19.1. The molecule has 0 atom stereocenters. The Morgan fingerprint density at radius 3 is 1.60 bits per heavy atom. The van der Waals surface area contributed by atoms with Crippen molar-refractivity contribution in [2.75, 3.05) is 18.6 Å². The van der Waals surface area contributed by atoms with Crippen LogP contribution in [0.1, 0.15) is 27.3 Å². The third kappa shape index (κ3) is 7.82. The van der Waals surface area contributed by atoms with Gasteiger partial charge in [0.25, 0.3) is 0 Å². The number of ether oxygens (including phenoxy) is 1. The lowest BCUT2D eigenvalue weighted by Crippen LogP contribution is -2.10. The van der Waals surface area contributed by atoms with E-state index in [2.05, 4.69) is 30.1 Å². The third-order valence-corrected chi connectivity index (χ3v) is 8.71. The molecule has 13 nitrogen and oxygen atoms in total. The van der Waals surface area contributed by atoms with Crippen LogP contribution < -0.4 is 11.5 Å². The molecule has 19 heteroatoms. The van der Waals surface area contributed by atoms with E-state index >= 15 is 0 Å². The second-order valence-corrected chi connectivity index (χ2v) is 12.6. The summed E-state index contributed by atoms with van der Waals surface area (Å²) >= 11 is 0. The number of anilines is 2. The number of methoxy groups -OCH3 is 1. The minimum Gasteiger partial charge on any atom is -0.465 e. The van der Waals surface area contributed by atoms with E-state index in [1.165, 1.54) is 65.5 Å². The Kier molecular flexibility index (Phi) is 10.2. The van der Waals surface area contributed by atoms with E-state index in [4.69, 9.17) is 16.2 Å². The molecule has 0 fully saturated rings. The van der Waals surface area contributed by atoms with E-state index in [-0.39, 0.29) is 23.8 Å². The van der Waals surface area contributed by atoms with Crippen molar-refractivity contribution >= 4 is 39.1 Å². The first-order valence-electron chi connectivity index (χ1n) is 16.9. The largest absolute Gasteiger partial charge is 0.465 e. The molecule has 0 saturated carbocycles. The summed E-state index contributed by atoms with van der Waals surface area (Å²) in [5.41, 5.74) is 14.7. The summed E-state index contributed by atoms with van der Waals surface area (Å²) < 4.78 is 85.7. The number of alkyl halides is 6. The summed E-state index contributed by atoms with van der Waals surface area (Å²) in [6, 6.07) is 17.3. The Labute approximate surface area is 323 Å². The van der Waals surface area contributed by atoms with Crippen LogP contribution in [-0.4, -0.2) is 57.7 Å². The fraction of sp³-hybridized carbons (Fsp3) is 0.103. The molecule has 0 saturated heterocycles. The van der Waals surface area contributed by atoms with Gasteiger partial charge in [-0.25, -0.2) is 24.1 Å². The summed E-state index contributed by atoms with van der Waals surface area (Å²) in [5.74, 6) is -0.634. The molecule has 0 spiro atoms. The molecule has 0 bridgehead atoms. The standard InChI is InChI=1S/C20H14F3N5O2.C19H14F3N5O/c1-30-19(29)14-6-11(12-5-13(24)9-25-8-12)7-16-15(14)10-26-28(16)18-4-2-3-17(27-18)20(21,22)23;20-19(21,22)17-2-1-3-18(26-17)27-16-6-11(12-5-14(23)8-24-7-12)4-13(10-28)15(16)9-25-27/h2-10H,24H2,1H3;1-9,28H,10,23H2. The average Bonchev–Trinajstić information content (AvgIpc) is 3.84. The molecular weight excluding hydrogens is 770 g/mol. The van der Waals surface area contributed by atoms with Crippen LogP contribution in [0.4, 0.5) is 37.7 Å². The second kappa shape index (κ2) is 15.3. The zero-order valence-electron chi connectivity index (χ0n) is 29.9. The minimum atomic E-state index is -4.60. The summed E-state index contributed by atoms with van der Waals surface area (Å²) in [6.07, 6.45) is -0.146. The quantitative estimate of drug-likeness (QED) is 0.112. The Balaban J connectivity index is 0.000000177. The zero-order chi connectivity index (χ0) is 41.4. The van der Waals surface area contributed by atoms with E-state index < -0.39 is 29.7 Å². The van der Waals surface area contributed by atoms with Crippen molar-refractivity contribution in [3.8, 4) is 33.9 Å². The second-order valence-electron chi connectivity index (χ2n) is 12.6. The van der Waals surface area contributed by atoms with Crippen LogP contribution in [0.15, 0.2) is 110 Å². The Bertz CT molecular complexity index is 2820. The molecule has 0 radical (unpaired) electrons. The van der Waals surface area contributed by atoms with Crippen LogP contribution in [0.5, 0.6) is 0 Å². The van der Waals surface area contributed by atoms with Crippen molar-refractivity contribution in [1.29, 1.82) is 0 Å². The highest BCUT2D eigenvalue weighted by molar-refractivity contribution is 6.05. The maximum atomic E-state index is 13.1. The number of nitrogen functional groups attached to an aromatic ring is 2. The van der Waals surface area contributed by atoms with Gasteiger partial charge in [0.05, 0.1) is 54.1 Å². The van der Waals surface area contributed by atoms with Gasteiger partial charge in [-0.3, -0.25) is 9.97 Å². The first kappa shape index (κ1) is 38.8. The first-order chi connectivity index (χ1) is 27.6. The van der Waals surface area contributed by atoms with Gasteiger partial charge in [0.2, 0.25) is 0 Å². The first-order valence-corrected chi connectivity index (χ1v) is 16.9. The molecule has 0 amide bonds. The molecule has 6 aromatic heterocycles. The molecule has 0 aliphatic rings. The molecule has 0 aliphatic heterocycles. The number of carbonyl (C=O) groups excluding carboxylic acids is 1. The highest BCUT2D eigenvalue weighted by Crippen LogP contribution is 2.34. The van der Waals surface area contributed by atoms with Gasteiger partial charge in [-0.1, -0.05) is 12.1 Å². The van der Waals surface area contributed by atoms with E-state index in [1.54, 1.807) is 48.8 Å². The van der Waals surface area contributed by atoms with E-state index in [0.717, 1.165) is 12.1 Å². The Morgan fingerprint density at radius 1 is 0.655 bits per heavy atom. The van der Waals surface area contributed by atoms with Crippen LogP contribution in [0.25, 0.3) is 55.7 Å². The molecule has 294 valence electrons. The van der Waals surface area contributed by atoms with Crippen molar-refractivity contribution in [2.45, 2.75) is 19.0 Å². The molecule has 2 aromatic carbocycles. The molecule has 0 aliphatic carbocycles. The number of pyridine rings is 4. The number of halogens is 6. The number of aliphatic hydroxyl groups is 1. The van der Waals surface area contributed by atoms with Crippen molar-refractivity contribution in [3.05, 3.63) is 132 Å². The molecule has 58 heavy (non-hydrogen) atoms. The van der Waals surface area contributed by atoms with Crippen molar-refractivity contribution < 1.29 is 41.0 Å². The van der Waals surface area contributed by atoms with Crippen molar-refractivity contribution in [2.24, 2.45) is 0 Å². The predicted octanol–water partition coefficient (Wildman–Crippen LogP) is 7.45.